The highest BCUT2D eigenvalue weighted by atomic mass is 16.5. The predicted molar refractivity (Wildman–Crippen MR) is 139 cm³/mol. The molecule has 0 saturated carbocycles. The van der Waals surface area contributed by atoms with Crippen LogP contribution in [0.1, 0.15) is 30.4 Å². The van der Waals surface area contributed by atoms with Gasteiger partial charge < -0.3 is 29.0 Å². The molecule has 36 heavy (non-hydrogen) atoms. The number of methoxy groups -OCH3 is 2. The Labute approximate surface area is 212 Å². The monoisotopic (exact) mass is 493 g/mol. The molecule has 0 radical (unpaired) electrons. The van der Waals surface area contributed by atoms with E-state index in [2.05, 4.69) is 5.32 Å². The first kappa shape index (κ1) is 26.7. The summed E-state index contributed by atoms with van der Waals surface area (Å²) in [5.74, 6) is 2.62. The van der Waals surface area contributed by atoms with Gasteiger partial charge in [-0.1, -0.05) is 31.2 Å². The van der Waals surface area contributed by atoms with Gasteiger partial charge in [-0.05, 0) is 61.7 Å². The lowest BCUT2D eigenvalue weighted by Crippen LogP contribution is -2.45. The van der Waals surface area contributed by atoms with E-state index in [0.717, 1.165) is 17.7 Å². The van der Waals surface area contributed by atoms with Crippen molar-refractivity contribution in [3.63, 3.8) is 0 Å². The molecule has 0 spiro atoms. The van der Waals surface area contributed by atoms with Crippen molar-refractivity contribution < 1.29 is 23.5 Å². The predicted octanol–water partition coefficient (Wildman–Crippen LogP) is 5.12. The van der Waals surface area contributed by atoms with E-state index in [1.165, 1.54) is 0 Å². The Morgan fingerprint density at radius 2 is 1.67 bits per heavy atom. The van der Waals surface area contributed by atoms with Gasteiger partial charge in [-0.3, -0.25) is 4.79 Å². The average molecular weight is 494 g/mol. The highest BCUT2D eigenvalue weighted by Crippen LogP contribution is 2.28. The summed E-state index contributed by atoms with van der Waals surface area (Å²) in [5, 5.41) is 2.88. The van der Waals surface area contributed by atoms with Crippen LogP contribution in [0, 0.1) is 6.92 Å². The van der Waals surface area contributed by atoms with Crippen LogP contribution in [0.2, 0.25) is 0 Å². The van der Waals surface area contributed by atoms with Crippen molar-refractivity contribution in [2.75, 3.05) is 39.2 Å². The van der Waals surface area contributed by atoms with Crippen molar-refractivity contribution in [2.24, 2.45) is 0 Å². The lowest BCUT2D eigenvalue weighted by molar-refractivity contribution is -0.132. The Hall–Kier alpha value is -3.94. The number of furan rings is 1. The van der Waals surface area contributed by atoms with Gasteiger partial charge in [-0.25, -0.2) is 4.79 Å². The number of carbonyl (C=O) groups excluding carboxylic acids is 2. The SMILES string of the molecule is CCCN(CC(=O)N(CCc1ccc(OC)c(OC)c1)Cc1ccc(C)o1)C(=O)Nc1ccccc1. The Morgan fingerprint density at radius 1 is 0.917 bits per heavy atom. The van der Waals surface area contributed by atoms with Gasteiger partial charge in [0.05, 0.1) is 20.8 Å². The Morgan fingerprint density at radius 3 is 2.31 bits per heavy atom. The maximum absolute atomic E-state index is 13.5. The van der Waals surface area contributed by atoms with Gasteiger partial charge >= 0.3 is 6.03 Å². The maximum atomic E-state index is 13.5. The van der Waals surface area contributed by atoms with E-state index in [0.29, 0.717) is 49.0 Å². The molecule has 2 aromatic carbocycles. The van der Waals surface area contributed by atoms with Crippen molar-refractivity contribution >= 4 is 17.6 Å². The Bertz CT molecular complexity index is 1130. The lowest BCUT2D eigenvalue weighted by Gasteiger charge is -2.27. The Balaban J connectivity index is 1.73. The first-order valence-electron chi connectivity index (χ1n) is 12.1. The molecule has 8 nitrogen and oxygen atoms in total. The van der Waals surface area contributed by atoms with Crippen LogP contribution in [0.25, 0.3) is 0 Å². The summed E-state index contributed by atoms with van der Waals surface area (Å²) in [6.45, 7) is 5.06. The second-order valence-corrected chi connectivity index (χ2v) is 8.48. The van der Waals surface area contributed by atoms with Crippen molar-refractivity contribution in [1.82, 2.24) is 9.80 Å². The van der Waals surface area contributed by atoms with E-state index >= 15 is 0 Å². The average Bonchev–Trinajstić information content (AvgIpc) is 3.30. The van der Waals surface area contributed by atoms with Gasteiger partial charge in [0.25, 0.3) is 0 Å². The van der Waals surface area contributed by atoms with E-state index in [-0.39, 0.29) is 18.5 Å². The van der Waals surface area contributed by atoms with Gasteiger partial charge in [0.1, 0.15) is 18.1 Å². The van der Waals surface area contributed by atoms with Crippen LogP contribution in [0.4, 0.5) is 10.5 Å². The van der Waals surface area contributed by atoms with E-state index in [9.17, 15) is 9.59 Å². The number of para-hydroxylation sites is 1. The molecule has 0 aliphatic heterocycles. The molecule has 1 aromatic heterocycles. The molecule has 0 unspecified atom stereocenters. The topological polar surface area (TPSA) is 84.2 Å². The molecule has 3 aromatic rings. The summed E-state index contributed by atoms with van der Waals surface area (Å²) in [4.78, 5) is 29.7. The fourth-order valence-electron chi connectivity index (χ4n) is 3.86. The number of carbonyl (C=O) groups is 2. The molecule has 0 fully saturated rings. The zero-order chi connectivity index (χ0) is 25.9. The molecule has 1 N–H and O–H groups in total. The van der Waals surface area contributed by atoms with Crippen LogP contribution in [-0.2, 0) is 17.8 Å². The second kappa shape index (κ2) is 13.2. The molecule has 1 heterocycles. The van der Waals surface area contributed by atoms with Crippen molar-refractivity contribution in [1.29, 1.82) is 0 Å². The van der Waals surface area contributed by atoms with Gasteiger partial charge in [0.2, 0.25) is 5.91 Å². The highest BCUT2D eigenvalue weighted by molar-refractivity contribution is 5.92. The van der Waals surface area contributed by atoms with Crippen LogP contribution in [0.3, 0.4) is 0 Å². The summed E-state index contributed by atoms with van der Waals surface area (Å²) in [7, 11) is 3.19. The van der Waals surface area contributed by atoms with Crippen LogP contribution >= 0.6 is 0 Å². The van der Waals surface area contributed by atoms with E-state index in [1.807, 2.05) is 74.5 Å². The summed E-state index contributed by atoms with van der Waals surface area (Å²) >= 11 is 0. The van der Waals surface area contributed by atoms with E-state index < -0.39 is 0 Å². The zero-order valence-electron chi connectivity index (χ0n) is 21.5. The summed E-state index contributed by atoms with van der Waals surface area (Å²) in [5.41, 5.74) is 1.70. The third-order valence-electron chi connectivity index (χ3n) is 5.75. The number of aryl methyl sites for hydroxylation is 1. The van der Waals surface area contributed by atoms with Crippen LogP contribution < -0.4 is 14.8 Å². The lowest BCUT2D eigenvalue weighted by atomic mass is 10.1. The number of benzene rings is 2. The maximum Gasteiger partial charge on any atom is 0.322 e. The molecule has 0 aliphatic carbocycles. The molecule has 3 amide bonds. The van der Waals surface area contributed by atoms with Crippen molar-refractivity contribution in [3.8, 4) is 11.5 Å². The molecular weight excluding hydrogens is 458 g/mol. The molecule has 0 aliphatic rings. The smallest absolute Gasteiger partial charge is 0.322 e. The largest absolute Gasteiger partial charge is 0.493 e. The fourth-order valence-corrected chi connectivity index (χ4v) is 3.86. The van der Waals surface area contributed by atoms with E-state index in [1.54, 1.807) is 24.0 Å². The molecule has 0 saturated heterocycles. The molecule has 8 heteroatoms. The van der Waals surface area contributed by atoms with Crippen molar-refractivity contribution in [3.05, 3.63) is 77.7 Å². The number of hydrogen-bond donors (Lipinski definition) is 1. The van der Waals surface area contributed by atoms with Crippen LogP contribution in [0.15, 0.2) is 65.1 Å². The quantitative estimate of drug-likeness (QED) is 0.379. The number of hydrogen-bond acceptors (Lipinski definition) is 5. The first-order chi connectivity index (χ1) is 17.4. The van der Waals surface area contributed by atoms with Crippen LogP contribution in [0.5, 0.6) is 11.5 Å². The number of anilines is 1. The minimum Gasteiger partial charge on any atom is -0.493 e. The summed E-state index contributed by atoms with van der Waals surface area (Å²) in [6.07, 6.45) is 1.34. The standard InChI is InChI=1S/C28H35N3O5/c1-5-16-31(28(33)29-23-9-7-6-8-10-23)20-27(32)30(19-24-13-11-21(2)36-24)17-15-22-12-14-25(34-3)26(18-22)35-4/h6-14,18H,5,15-17,19-20H2,1-4H3,(H,29,33). The summed E-state index contributed by atoms with van der Waals surface area (Å²) in [6, 6.07) is 18.4. The van der Waals surface area contributed by atoms with Gasteiger partial charge in [-0.15, -0.1) is 0 Å². The number of nitrogens with zero attached hydrogens (tertiary/aromatic N) is 2. The third-order valence-corrected chi connectivity index (χ3v) is 5.75. The van der Waals surface area contributed by atoms with Crippen LogP contribution in [-0.4, -0.2) is 55.6 Å². The molecule has 192 valence electrons. The minimum atomic E-state index is -0.301. The molecule has 0 bridgehead atoms. The normalized spacial score (nSPS) is 10.6. The minimum absolute atomic E-state index is 0.0296. The van der Waals surface area contributed by atoms with Gasteiger partial charge in [0.15, 0.2) is 11.5 Å². The Kier molecular flexibility index (Phi) is 9.80. The fraction of sp³-hybridized carbons (Fsp3) is 0.357. The number of ether oxygens (including phenoxy) is 2. The zero-order valence-corrected chi connectivity index (χ0v) is 21.5. The van der Waals surface area contributed by atoms with E-state index in [4.69, 9.17) is 13.9 Å². The van der Waals surface area contributed by atoms with Gasteiger partial charge in [0, 0.05) is 18.8 Å². The van der Waals surface area contributed by atoms with Crippen molar-refractivity contribution in [2.45, 2.75) is 33.2 Å². The number of rotatable bonds is 12. The molecular formula is C28H35N3O5. The molecule has 0 atom stereocenters. The molecule has 3 rings (SSSR count). The number of nitrogens with one attached hydrogen (secondary N) is 1. The third kappa shape index (κ3) is 7.53. The highest BCUT2D eigenvalue weighted by Gasteiger charge is 2.22. The number of amides is 3. The first-order valence-corrected chi connectivity index (χ1v) is 12.1. The van der Waals surface area contributed by atoms with Gasteiger partial charge in [-0.2, -0.15) is 0 Å². The second-order valence-electron chi connectivity index (χ2n) is 8.48. The number of urea groups is 1. The summed E-state index contributed by atoms with van der Waals surface area (Å²) < 4.78 is 16.5.